The summed E-state index contributed by atoms with van der Waals surface area (Å²) < 4.78 is 0. The molecule has 0 aliphatic heterocycles. The van der Waals surface area contributed by atoms with Gasteiger partial charge in [0.2, 0.25) is 0 Å². The Kier molecular flexibility index (Phi) is 3.66. The first-order valence-corrected chi connectivity index (χ1v) is 4.69. The Bertz CT molecular complexity index is 373. The van der Waals surface area contributed by atoms with E-state index < -0.39 is 5.97 Å². The molecule has 1 aromatic carbocycles. The molecule has 0 aliphatic carbocycles. The Balaban J connectivity index is 2.89. The summed E-state index contributed by atoms with van der Waals surface area (Å²) in [5.74, 6) is -0.849. The first-order valence-electron chi connectivity index (χ1n) is 4.69. The third-order valence-electron chi connectivity index (χ3n) is 2.41. The molecular weight excluding hydrogens is 189 g/mol. The number of aromatic carboxylic acids is 1. The van der Waals surface area contributed by atoms with E-state index in [0.717, 1.165) is 5.56 Å². The van der Waals surface area contributed by atoms with Crippen molar-refractivity contribution in [2.75, 3.05) is 7.05 Å². The van der Waals surface area contributed by atoms with Gasteiger partial charge in [-0.2, -0.15) is 0 Å². The number of hydrogen-bond acceptors (Lipinski definition) is 2. The van der Waals surface area contributed by atoms with Crippen molar-refractivity contribution in [2.45, 2.75) is 12.8 Å². The fraction of sp³-hybridized carbons (Fsp3) is 0.273. The van der Waals surface area contributed by atoms with Crippen LogP contribution in [0.25, 0.3) is 0 Å². The zero-order chi connectivity index (χ0) is 11.4. The second kappa shape index (κ2) is 4.78. The maximum absolute atomic E-state index is 10.6. The molecule has 0 spiro atoms. The number of carboxylic acid groups (broad SMARTS) is 1. The van der Waals surface area contributed by atoms with Crippen LogP contribution in [0.5, 0.6) is 0 Å². The van der Waals surface area contributed by atoms with Crippen molar-refractivity contribution in [1.29, 1.82) is 0 Å². The van der Waals surface area contributed by atoms with Gasteiger partial charge in [-0.3, -0.25) is 0 Å². The second-order valence-electron chi connectivity index (χ2n) is 3.35. The average Bonchev–Trinajstić information content (AvgIpc) is 2.27. The van der Waals surface area contributed by atoms with Crippen LogP contribution in [0.2, 0.25) is 0 Å². The summed E-state index contributed by atoms with van der Waals surface area (Å²) in [5.41, 5.74) is 1.94. The van der Waals surface area contributed by atoms with Gasteiger partial charge in [0.15, 0.2) is 0 Å². The fourth-order valence-electron chi connectivity index (χ4n) is 1.31. The summed E-state index contributed by atoms with van der Waals surface area (Å²) in [6, 6.07) is 6.71. The summed E-state index contributed by atoms with van der Waals surface area (Å²) >= 11 is 0. The van der Waals surface area contributed by atoms with E-state index >= 15 is 0 Å². The third kappa shape index (κ3) is 2.69. The molecule has 0 saturated carbocycles. The van der Waals surface area contributed by atoms with Crippen molar-refractivity contribution in [1.82, 2.24) is 5.32 Å². The normalized spacial score (nSPS) is 11.8. The van der Waals surface area contributed by atoms with Crippen molar-refractivity contribution >= 4 is 19.0 Å². The topological polar surface area (TPSA) is 49.3 Å². The van der Waals surface area contributed by atoms with Crippen LogP contribution < -0.4 is 5.32 Å². The van der Waals surface area contributed by atoms with Crippen LogP contribution in [0, 0.1) is 0 Å². The van der Waals surface area contributed by atoms with E-state index in [9.17, 15) is 4.79 Å². The van der Waals surface area contributed by atoms with E-state index in [-0.39, 0.29) is 11.5 Å². The molecular formula is C11H13BNO2. The summed E-state index contributed by atoms with van der Waals surface area (Å²) in [7, 11) is 7.50. The molecule has 77 valence electrons. The summed E-state index contributed by atoms with van der Waals surface area (Å²) in [6.07, 6.45) is 0. The van der Waals surface area contributed by atoms with Gasteiger partial charge in [-0.05, 0) is 0 Å². The van der Waals surface area contributed by atoms with Gasteiger partial charge in [0.25, 0.3) is 0 Å². The minimum absolute atomic E-state index is 0.0674. The van der Waals surface area contributed by atoms with Crippen molar-refractivity contribution in [2.24, 2.45) is 0 Å². The van der Waals surface area contributed by atoms with Crippen molar-refractivity contribution in [3.05, 3.63) is 35.4 Å². The zero-order valence-corrected chi connectivity index (χ0v) is 8.82. The standard InChI is InChI=1S/C11H13BNO2/c1-7(10(12)13-2)8-3-5-9(6-4-8)11(14)15/h3-7,13H,1-2H3,(H,14,15)/t7-/m1/s1. The fourth-order valence-corrected chi connectivity index (χ4v) is 1.31. The number of carbonyl (C=O) groups is 1. The molecule has 0 amide bonds. The molecule has 1 atom stereocenters. The van der Waals surface area contributed by atoms with Gasteiger partial charge in [-0.1, -0.05) is 0 Å². The van der Waals surface area contributed by atoms with Crippen LogP contribution in [0.4, 0.5) is 0 Å². The Morgan fingerprint density at radius 2 is 1.93 bits per heavy atom. The van der Waals surface area contributed by atoms with Crippen molar-refractivity contribution in [3.8, 4) is 0 Å². The third-order valence-corrected chi connectivity index (χ3v) is 2.41. The molecule has 1 aromatic rings. The van der Waals surface area contributed by atoms with Crippen molar-refractivity contribution < 1.29 is 9.90 Å². The number of benzene rings is 1. The van der Waals surface area contributed by atoms with E-state index in [1.807, 2.05) is 6.92 Å². The van der Waals surface area contributed by atoms with Gasteiger partial charge in [-0.15, -0.1) is 0 Å². The maximum atomic E-state index is 10.6. The van der Waals surface area contributed by atoms with Crippen LogP contribution >= 0.6 is 0 Å². The Labute approximate surface area is 90.2 Å². The molecule has 1 rings (SSSR count). The molecule has 4 heteroatoms. The Morgan fingerprint density at radius 1 is 1.40 bits per heavy atom. The first-order chi connectivity index (χ1) is 7.06. The molecule has 3 nitrogen and oxygen atoms in total. The Hall–Kier alpha value is -1.58. The Morgan fingerprint density at radius 3 is 2.33 bits per heavy atom. The molecule has 0 saturated heterocycles. The van der Waals surface area contributed by atoms with Crippen LogP contribution in [0.15, 0.2) is 24.3 Å². The van der Waals surface area contributed by atoms with Gasteiger partial charge in [0, 0.05) is 0 Å². The molecule has 0 aliphatic rings. The average molecular weight is 202 g/mol. The molecule has 2 N–H and O–H groups in total. The quantitative estimate of drug-likeness (QED) is 0.716. The van der Waals surface area contributed by atoms with Crippen molar-refractivity contribution in [3.63, 3.8) is 0 Å². The van der Waals surface area contributed by atoms with E-state index in [1.165, 1.54) is 0 Å². The summed E-state index contributed by atoms with van der Waals surface area (Å²) in [5, 5.41) is 11.6. The summed E-state index contributed by atoms with van der Waals surface area (Å²) in [4.78, 5) is 10.6. The SMILES string of the molecule is [B]=C(NC)[C@H](C)c1ccc(C(=O)O)cc1. The second-order valence-corrected chi connectivity index (χ2v) is 3.35. The van der Waals surface area contributed by atoms with Gasteiger partial charge in [-0.25, -0.2) is 0 Å². The predicted molar refractivity (Wildman–Crippen MR) is 61.6 cm³/mol. The monoisotopic (exact) mass is 202 g/mol. The van der Waals surface area contributed by atoms with E-state index in [2.05, 4.69) is 5.32 Å². The summed E-state index contributed by atoms with van der Waals surface area (Å²) in [6.45, 7) is 1.96. The van der Waals surface area contributed by atoms with Gasteiger partial charge in [0.05, 0.1) is 0 Å². The molecule has 0 fully saturated rings. The molecule has 0 bridgehead atoms. The number of carboxylic acids is 1. The number of hydrogen-bond donors (Lipinski definition) is 2. The number of rotatable bonds is 4. The first kappa shape index (κ1) is 11.5. The zero-order valence-electron chi connectivity index (χ0n) is 8.82. The number of likely N-dealkylation sites (N-methyl/N-ethyl adjacent to an activating group) is 1. The van der Waals surface area contributed by atoms with Crippen LogP contribution in [-0.2, 0) is 0 Å². The van der Waals surface area contributed by atoms with Gasteiger partial charge < -0.3 is 0 Å². The molecule has 0 heterocycles. The van der Waals surface area contributed by atoms with Gasteiger partial charge >= 0.3 is 89.5 Å². The minimum atomic E-state index is -0.917. The number of nitrogens with one attached hydrogen (secondary N) is 1. The predicted octanol–water partition coefficient (Wildman–Crippen LogP) is 1.01. The van der Waals surface area contributed by atoms with E-state index in [0.29, 0.717) is 5.59 Å². The van der Waals surface area contributed by atoms with E-state index in [4.69, 9.17) is 12.6 Å². The van der Waals surface area contributed by atoms with E-state index in [1.54, 1.807) is 31.3 Å². The van der Waals surface area contributed by atoms with Crippen LogP contribution in [0.1, 0.15) is 28.8 Å². The van der Waals surface area contributed by atoms with Crippen LogP contribution in [0.3, 0.4) is 0 Å². The van der Waals surface area contributed by atoms with Crippen LogP contribution in [-0.4, -0.2) is 31.2 Å². The molecule has 0 unspecified atom stereocenters. The molecule has 0 aromatic heterocycles. The molecule has 15 heavy (non-hydrogen) atoms. The molecule has 1 radical (unpaired) electrons. The van der Waals surface area contributed by atoms with Gasteiger partial charge in [0.1, 0.15) is 0 Å².